The van der Waals surface area contributed by atoms with Crippen LogP contribution >= 0.6 is 0 Å². The molecule has 4 rings (SSSR count). The number of ether oxygens (including phenoxy) is 3. The molecule has 1 fully saturated rings. The van der Waals surface area contributed by atoms with E-state index in [-0.39, 0.29) is 6.10 Å². The topological polar surface area (TPSA) is 85.8 Å². The van der Waals surface area contributed by atoms with Crippen LogP contribution in [-0.4, -0.2) is 68.3 Å². The van der Waals surface area contributed by atoms with E-state index in [1.165, 1.54) is 37.9 Å². The number of carbonyl (C=O) groups is 1. The molecule has 1 aliphatic heterocycles. The number of nitrogens with one attached hydrogen (secondary N) is 1. The minimum absolute atomic E-state index is 0.134. The molecule has 0 aliphatic carbocycles. The van der Waals surface area contributed by atoms with E-state index in [2.05, 4.69) is 51.4 Å². The second-order valence-electron chi connectivity index (χ2n) is 9.50. The lowest BCUT2D eigenvalue weighted by Crippen LogP contribution is -2.32. The van der Waals surface area contributed by atoms with Crippen molar-refractivity contribution in [2.24, 2.45) is 0 Å². The van der Waals surface area contributed by atoms with Gasteiger partial charge in [0.15, 0.2) is 11.5 Å². The van der Waals surface area contributed by atoms with Gasteiger partial charge in [0.2, 0.25) is 0 Å². The van der Waals surface area contributed by atoms with E-state index in [1.54, 1.807) is 20.5 Å². The summed E-state index contributed by atoms with van der Waals surface area (Å²) in [5.74, 6) is 1.35. The molecule has 38 heavy (non-hydrogen) atoms. The third-order valence-electron chi connectivity index (χ3n) is 6.91. The number of hydrogen-bond acceptors (Lipinski definition) is 8. The SMILES string of the molecule is CCCC(CCN1CCCCC1)OC=O.CNc1ccc(Cc2ncnc3cc(OC)c(OC)cc23)cc1. The van der Waals surface area contributed by atoms with Gasteiger partial charge < -0.3 is 24.4 Å². The second-order valence-corrected chi connectivity index (χ2v) is 9.50. The number of anilines is 1. The van der Waals surface area contributed by atoms with Crippen LogP contribution in [0.1, 0.15) is 56.7 Å². The number of methoxy groups -OCH3 is 2. The summed E-state index contributed by atoms with van der Waals surface area (Å²) in [6.07, 6.45) is 9.55. The molecule has 0 saturated carbocycles. The summed E-state index contributed by atoms with van der Waals surface area (Å²) in [6.45, 7) is 6.25. The van der Waals surface area contributed by atoms with E-state index in [1.807, 2.05) is 19.2 Å². The Balaban J connectivity index is 0.000000232. The van der Waals surface area contributed by atoms with Gasteiger partial charge in [-0.1, -0.05) is 31.9 Å². The Morgan fingerprint density at radius 2 is 1.71 bits per heavy atom. The predicted octanol–water partition coefficient (Wildman–Crippen LogP) is 5.48. The molecule has 0 amide bonds. The Labute approximate surface area is 226 Å². The van der Waals surface area contributed by atoms with Crippen LogP contribution in [0.3, 0.4) is 0 Å². The Morgan fingerprint density at radius 1 is 1.00 bits per heavy atom. The van der Waals surface area contributed by atoms with Gasteiger partial charge in [0.25, 0.3) is 6.47 Å². The summed E-state index contributed by atoms with van der Waals surface area (Å²) in [5.41, 5.74) is 4.10. The largest absolute Gasteiger partial charge is 0.493 e. The van der Waals surface area contributed by atoms with Crippen molar-refractivity contribution in [2.75, 3.05) is 46.2 Å². The molecule has 1 aliphatic rings. The summed E-state index contributed by atoms with van der Waals surface area (Å²) in [7, 11) is 5.16. The summed E-state index contributed by atoms with van der Waals surface area (Å²) in [6, 6.07) is 12.1. The van der Waals surface area contributed by atoms with E-state index >= 15 is 0 Å². The molecule has 2 aromatic carbocycles. The van der Waals surface area contributed by atoms with E-state index in [0.29, 0.717) is 18.0 Å². The van der Waals surface area contributed by atoms with Crippen molar-refractivity contribution in [3.8, 4) is 11.5 Å². The fraction of sp³-hybridized carbons (Fsp3) is 0.500. The van der Waals surface area contributed by atoms with Crippen LogP contribution in [0.2, 0.25) is 0 Å². The lowest BCUT2D eigenvalue weighted by molar-refractivity contribution is -0.134. The summed E-state index contributed by atoms with van der Waals surface area (Å²) in [5, 5.41) is 4.09. The highest BCUT2D eigenvalue weighted by Gasteiger charge is 2.14. The zero-order chi connectivity index (χ0) is 27.2. The maximum atomic E-state index is 10.3. The average molecular weight is 523 g/mol. The fourth-order valence-electron chi connectivity index (χ4n) is 4.75. The normalized spacial score (nSPS) is 14.2. The van der Waals surface area contributed by atoms with Gasteiger partial charge in [-0.15, -0.1) is 0 Å². The van der Waals surface area contributed by atoms with Gasteiger partial charge in [0.05, 0.1) is 25.4 Å². The third-order valence-corrected chi connectivity index (χ3v) is 6.91. The highest BCUT2D eigenvalue weighted by Crippen LogP contribution is 2.32. The van der Waals surface area contributed by atoms with Crippen LogP contribution in [0.5, 0.6) is 11.5 Å². The van der Waals surface area contributed by atoms with Gasteiger partial charge >= 0.3 is 0 Å². The standard InChI is InChI=1S/C18H19N3O2.C12H23NO2/c1-19-13-6-4-12(5-7-13)8-15-14-9-17(22-2)18(23-3)10-16(14)21-11-20-15;1-2-6-12(15-11-14)7-10-13-8-4-3-5-9-13/h4-7,9-11,19H,8H2,1-3H3;11-12H,2-10H2,1H3. The molecule has 206 valence electrons. The summed E-state index contributed by atoms with van der Waals surface area (Å²) < 4.78 is 15.8. The van der Waals surface area contributed by atoms with Gasteiger partial charge in [-0.2, -0.15) is 0 Å². The van der Waals surface area contributed by atoms with Crippen molar-refractivity contribution in [3.05, 3.63) is 54.0 Å². The fourth-order valence-corrected chi connectivity index (χ4v) is 4.75. The minimum Gasteiger partial charge on any atom is -0.493 e. The molecule has 3 aromatic rings. The monoisotopic (exact) mass is 522 g/mol. The Morgan fingerprint density at radius 3 is 2.34 bits per heavy atom. The smallest absolute Gasteiger partial charge is 0.293 e. The average Bonchev–Trinajstić information content (AvgIpc) is 2.97. The first-order valence-electron chi connectivity index (χ1n) is 13.6. The Hall–Kier alpha value is -3.39. The molecular formula is C30H42N4O4. The number of fused-ring (bicyclic) bond motifs is 1. The van der Waals surface area contributed by atoms with Crippen LogP contribution in [0.15, 0.2) is 42.7 Å². The van der Waals surface area contributed by atoms with Gasteiger partial charge in [-0.25, -0.2) is 9.97 Å². The molecule has 1 aromatic heterocycles. The number of aromatic nitrogens is 2. The van der Waals surface area contributed by atoms with Gasteiger partial charge in [0, 0.05) is 37.2 Å². The molecule has 1 saturated heterocycles. The molecule has 1 unspecified atom stereocenters. The van der Waals surface area contributed by atoms with E-state index in [4.69, 9.17) is 14.2 Å². The van der Waals surface area contributed by atoms with Crippen molar-refractivity contribution in [2.45, 2.75) is 58.0 Å². The first-order valence-corrected chi connectivity index (χ1v) is 13.6. The Bertz CT molecular complexity index is 1120. The molecular weight excluding hydrogens is 480 g/mol. The van der Waals surface area contributed by atoms with Crippen molar-refractivity contribution in [1.82, 2.24) is 14.9 Å². The van der Waals surface area contributed by atoms with Gasteiger partial charge in [-0.3, -0.25) is 4.79 Å². The number of likely N-dealkylation sites (tertiary alicyclic amines) is 1. The maximum Gasteiger partial charge on any atom is 0.293 e. The van der Waals surface area contributed by atoms with Crippen LogP contribution < -0.4 is 14.8 Å². The number of hydrogen-bond donors (Lipinski definition) is 1. The lowest BCUT2D eigenvalue weighted by atomic mass is 10.0. The zero-order valence-electron chi connectivity index (χ0n) is 23.2. The molecule has 0 spiro atoms. The molecule has 1 atom stereocenters. The van der Waals surface area contributed by atoms with Gasteiger partial charge in [-0.05, 0) is 62.5 Å². The molecule has 8 heteroatoms. The first kappa shape index (κ1) is 29.2. The number of nitrogens with zero attached hydrogens (tertiary/aromatic N) is 3. The van der Waals surface area contributed by atoms with Crippen LogP contribution in [0.4, 0.5) is 5.69 Å². The summed E-state index contributed by atoms with van der Waals surface area (Å²) in [4.78, 5) is 21.6. The van der Waals surface area contributed by atoms with E-state index < -0.39 is 0 Å². The lowest BCUT2D eigenvalue weighted by Gasteiger charge is -2.27. The minimum atomic E-state index is 0.134. The highest BCUT2D eigenvalue weighted by molar-refractivity contribution is 5.84. The zero-order valence-corrected chi connectivity index (χ0v) is 23.2. The molecule has 0 radical (unpaired) electrons. The van der Waals surface area contributed by atoms with Gasteiger partial charge in [0.1, 0.15) is 12.4 Å². The van der Waals surface area contributed by atoms with E-state index in [9.17, 15) is 4.79 Å². The predicted molar refractivity (Wildman–Crippen MR) is 152 cm³/mol. The molecule has 0 bridgehead atoms. The molecule has 2 heterocycles. The molecule has 1 N–H and O–H groups in total. The number of benzene rings is 2. The number of rotatable bonds is 12. The van der Waals surface area contributed by atoms with Crippen molar-refractivity contribution in [3.63, 3.8) is 0 Å². The summed E-state index contributed by atoms with van der Waals surface area (Å²) >= 11 is 0. The van der Waals surface area contributed by atoms with Crippen LogP contribution in [-0.2, 0) is 16.0 Å². The van der Waals surface area contributed by atoms with Crippen molar-refractivity contribution < 1.29 is 19.0 Å². The first-order chi connectivity index (χ1) is 18.6. The van der Waals surface area contributed by atoms with Crippen LogP contribution in [0, 0.1) is 0 Å². The molecule has 8 nitrogen and oxygen atoms in total. The van der Waals surface area contributed by atoms with Crippen molar-refractivity contribution >= 4 is 23.1 Å². The number of piperidine rings is 1. The second kappa shape index (κ2) is 15.8. The Kier molecular flexibility index (Phi) is 12.1. The van der Waals surface area contributed by atoms with Crippen molar-refractivity contribution in [1.29, 1.82) is 0 Å². The van der Waals surface area contributed by atoms with Crippen LogP contribution in [0.25, 0.3) is 10.9 Å². The van der Waals surface area contributed by atoms with E-state index in [0.717, 1.165) is 54.5 Å². The quantitative estimate of drug-likeness (QED) is 0.313. The third kappa shape index (κ3) is 8.58. The maximum absolute atomic E-state index is 10.3. The highest BCUT2D eigenvalue weighted by atomic mass is 16.5. The number of carbonyl (C=O) groups excluding carboxylic acids is 1.